The lowest BCUT2D eigenvalue weighted by atomic mass is 9.62. The van der Waals surface area contributed by atoms with Crippen LogP contribution in [0.3, 0.4) is 0 Å². The summed E-state index contributed by atoms with van der Waals surface area (Å²) in [6, 6.07) is 6.04. The summed E-state index contributed by atoms with van der Waals surface area (Å²) in [6.45, 7) is 7.12. The molecule has 0 spiro atoms. The maximum absolute atomic E-state index is 10.8. The molecule has 1 aliphatic carbocycles. The van der Waals surface area contributed by atoms with Gasteiger partial charge >= 0.3 is 0 Å². The van der Waals surface area contributed by atoms with E-state index in [2.05, 4.69) is 74.2 Å². The van der Waals surface area contributed by atoms with Crippen LogP contribution in [0.5, 0.6) is 5.75 Å². The maximum Gasteiger partial charge on any atom is 0.120 e. The molecule has 0 saturated heterocycles. The number of aryl methyl sites for hydroxylation is 1. The van der Waals surface area contributed by atoms with Gasteiger partial charge in [0.15, 0.2) is 0 Å². The summed E-state index contributed by atoms with van der Waals surface area (Å²) in [4.78, 5) is 2.15. The Morgan fingerprint density at radius 3 is 2.88 bits per heavy atom. The molecule has 0 bridgehead atoms. The minimum Gasteiger partial charge on any atom is -0.508 e. The second-order valence-electron chi connectivity index (χ2n) is 6.89. The Bertz CT molecular complexity index is 768. The van der Waals surface area contributed by atoms with Crippen LogP contribution in [-0.2, 0) is 11.8 Å². The van der Waals surface area contributed by atoms with Crippen LogP contribution in [0.15, 0.2) is 79.1 Å². The van der Waals surface area contributed by atoms with Crippen molar-refractivity contribution < 1.29 is 5.11 Å². The van der Waals surface area contributed by atoms with E-state index < -0.39 is 5.41 Å². The van der Waals surface area contributed by atoms with E-state index in [-0.39, 0.29) is 5.92 Å². The lowest BCUT2D eigenvalue weighted by Gasteiger charge is -2.41. The molecule has 0 fully saturated rings. The van der Waals surface area contributed by atoms with Crippen LogP contribution in [0, 0.1) is 5.92 Å². The molecule has 0 saturated carbocycles. The van der Waals surface area contributed by atoms with Gasteiger partial charge in [-0.15, -0.1) is 6.58 Å². The monoisotopic (exact) mass is 333 g/mol. The molecular formula is C23H27NO. The normalized spacial score (nSPS) is 25.1. The zero-order chi connectivity index (χ0) is 17.9. The van der Waals surface area contributed by atoms with Gasteiger partial charge in [-0.1, -0.05) is 61.9 Å². The number of aromatic hydroxyl groups is 1. The Morgan fingerprint density at radius 1 is 1.36 bits per heavy atom. The minimum absolute atomic E-state index is 0.0968. The van der Waals surface area contributed by atoms with E-state index >= 15 is 0 Å². The van der Waals surface area contributed by atoms with Crippen molar-refractivity contribution >= 4 is 0 Å². The van der Waals surface area contributed by atoms with Crippen LogP contribution < -0.4 is 0 Å². The van der Waals surface area contributed by atoms with Gasteiger partial charge < -0.3 is 10.0 Å². The molecule has 3 rings (SSSR count). The Hall–Kier alpha value is -2.48. The topological polar surface area (TPSA) is 23.5 Å². The highest BCUT2D eigenvalue weighted by atomic mass is 16.3. The molecule has 0 amide bonds. The Labute approximate surface area is 151 Å². The number of benzene rings is 1. The van der Waals surface area contributed by atoms with Gasteiger partial charge in [0.25, 0.3) is 0 Å². The van der Waals surface area contributed by atoms with Crippen molar-refractivity contribution in [3.05, 3.63) is 90.2 Å². The fourth-order valence-corrected chi connectivity index (χ4v) is 3.88. The smallest absolute Gasteiger partial charge is 0.120 e. The van der Waals surface area contributed by atoms with Gasteiger partial charge in [0.2, 0.25) is 0 Å². The number of hydrogen-bond acceptors (Lipinski definition) is 2. The summed E-state index contributed by atoms with van der Waals surface area (Å²) in [7, 11) is 2.07. The Kier molecular flexibility index (Phi) is 4.98. The number of likely N-dealkylation sites (N-methyl/N-ethyl adjacent to an activating group) is 1. The number of allylic oxidation sites excluding steroid dienone is 7. The molecular weight excluding hydrogens is 306 g/mol. The van der Waals surface area contributed by atoms with Gasteiger partial charge in [-0.2, -0.15) is 0 Å². The van der Waals surface area contributed by atoms with Crippen molar-refractivity contribution in [2.45, 2.75) is 25.2 Å². The predicted molar refractivity (Wildman–Crippen MR) is 106 cm³/mol. The third-order valence-electron chi connectivity index (χ3n) is 5.20. The molecule has 2 heteroatoms. The minimum atomic E-state index is -0.415. The fraction of sp³-hybridized carbons (Fsp3) is 0.304. The molecule has 1 aromatic carbocycles. The lowest BCUT2D eigenvalue weighted by molar-refractivity contribution is 0.433. The Morgan fingerprint density at radius 2 is 2.20 bits per heavy atom. The summed E-state index contributed by atoms with van der Waals surface area (Å²) in [6.07, 6.45) is 19.1. The number of phenolic OH excluding ortho intramolecular Hbond substituents is 1. The average Bonchev–Trinajstić information content (AvgIpc) is 2.64. The highest BCUT2D eigenvalue weighted by Crippen LogP contribution is 2.48. The molecule has 1 aliphatic heterocycles. The Balaban J connectivity index is 2.21. The number of hydrogen-bond donors (Lipinski definition) is 1. The molecule has 2 atom stereocenters. The van der Waals surface area contributed by atoms with Crippen molar-refractivity contribution in [2.24, 2.45) is 5.92 Å². The van der Waals surface area contributed by atoms with Crippen LogP contribution in [0.4, 0.5) is 0 Å². The molecule has 25 heavy (non-hydrogen) atoms. The van der Waals surface area contributed by atoms with Crippen molar-refractivity contribution in [1.29, 1.82) is 0 Å². The third kappa shape index (κ3) is 3.09. The van der Waals surface area contributed by atoms with E-state index in [9.17, 15) is 5.11 Å². The van der Waals surface area contributed by atoms with Gasteiger partial charge in [0.05, 0.1) is 5.41 Å². The zero-order valence-corrected chi connectivity index (χ0v) is 15.2. The zero-order valence-electron chi connectivity index (χ0n) is 15.2. The average molecular weight is 333 g/mol. The number of phenols is 1. The summed E-state index contributed by atoms with van der Waals surface area (Å²) >= 11 is 0. The molecule has 2 aliphatic rings. The summed E-state index contributed by atoms with van der Waals surface area (Å²) < 4.78 is 0. The van der Waals surface area contributed by atoms with E-state index in [4.69, 9.17) is 0 Å². The van der Waals surface area contributed by atoms with E-state index in [0.717, 1.165) is 24.9 Å². The third-order valence-corrected chi connectivity index (χ3v) is 5.20. The number of rotatable bonds is 5. The molecule has 1 N–H and O–H groups in total. The van der Waals surface area contributed by atoms with Gasteiger partial charge in [-0.3, -0.25) is 0 Å². The highest BCUT2D eigenvalue weighted by molar-refractivity contribution is 5.58. The largest absolute Gasteiger partial charge is 0.508 e. The lowest BCUT2D eigenvalue weighted by Crippen LogP contribution is -2.36. The van der Waals surface area contributed by atoms with E-state index in [1.165, 1.54) is 11.1 Å². The van der Waals surface area contributed by atoms with Gasteiger partial charge in [-0.25, -0.2) is 0 Å². The van der Waals surface area contributed by atoms with E-state index in [1.54, 1.807) is 0 Å². The second-order valence-corrected chi connectivity index (χ2v) is 6.89. The fourth-order valence-electron chi connectivity index (χ4n) is 3.88. The molecule has 0 radical (unpaired) electrons. The van der Waals surface area contributed by atoms with Crippen molar-refractivity contribution in [3.63, 3.8) is 0 Å². The van der Waals surface area contributed by atoms with Crippen LogP contribution in [0.1, 0.15) is 24.5 Å². The van der Waals surface area contributed by atoms with E-state index in [1.807, 2.05) is 18.2 Å². The summed E-state index contributed by atoms with van der Waals surface area (Å²) in [5, 5.41) is 10.8. The molecule has 0 aromatic heterocycles. The molecule has 130 valence electrons. The first-order valence-electron chi connectivity index (χ1n) is 9.02. The van der Waals surface area contributed by atoms with Crippen LogP contribution in [0.2, 0.25) is 0 Å². The van der Waals surface area contributed by atoms with Crippen molar-refractivity contribution in [1.82, 2.24) is 4.90 Å². The summed E-state index contributed by atoms with van der Waals surface area (Å²) in [5.41, 5.74) is 3.02. The first kappa shape index (κ1) is 17.3. The van der Waals surface area contributed by atoms with Crippen molar-refractivity contribution in [2.75, 3.05) is 13.6 Å². The highest BCUT2D eigenvalue weighted by Gasteiger charge is 2.41. The number of nitrogens with zero attached hydrogens (tertiary/aromatic N) is 1. The SMILES string of the molecule is C=CC1C=CC=CC1(C1=CCN(C)C=C1)c1cc(CCC)ccc1O. The second kappa shape index (κ2) is 7.18. The molecule has 2 unspecified atom stereocenters. The summed E-state index contributed by atoms with van der Waals surface area (Å²) in [5.74, 6) is 0.444. The first-order valence-corrected chi connectivity index (χ1v) is 9.02. The first-order chi connectivity index (χ1) is 12.1. The van der Waals surface area contributed by atoms with Crippen LogP contribution in [-0.4, -0.2) is 23.6 Å². The quantitative estimate of drug-likeness (QED) is 0.775. The predicted octanol–water partition coefficient (Wildman–Crippen LogP) is 4.90. The maximum atomic E-state index is 10.8. The standard InChI is InChI=1S/C23H27NO/c1-4-8-18-10-11-22(25)21(17-18)23(14-7-6-9-19(23)5-2)20-12-15-24(3)16-13-20/h5-7,9-15,17,19,25H,2,4,8,16H2,1,3H3. The van der Waals surface area contributed by atoms with Gasteiger partial charge in [-0.05, 0) is 35.9 Å². The molecule has 2 nitrogen and oxygen atoms in total. The van der Waals surface area contributed by atoms with Crippen LogP contribution in [0.25, 0.3) is 0 Å². The van der Waals surface area contributed by atoms with Crippen LogP contribution >= 0.6 is 0 Å². The van der Waals surface area contributed by atoms with E-state index in [0.29, 0.717) is 5.75 Å². The van der Waals surface area contributed by atoms with Gasteiger partial charge in [0.1, 0.15) is 5.75 Å². The van der Waals surface area contributed by atoms with Crippen molar-refractivity contribution in [3.8, 4) is 5.75 Å². The van der Waals surface area contributed by atoms with Gasteiger partial charge in [0, 0.05) is 25.1 Å². The molecule has 1 heterocycles. The molecule has 1 aromatic rings.